The Labute approximate surface area is 182 Å². The van der Waals surface area contributed by atoms with Gasteiger partial charge in [-0.15, -0.1) is 0 Å². The molecule has 1 heterocycles. The number of aliphatic imine (C=N–C) groups is 1. The average Bonchev–Trinajstić information content (AvgIpc) is 3.05. The number of carbonyl (C=O) groups excluding carboxylic acids is 1. The van der Waals surface area contributed by atoms with E-state index in [2.05, 4.69) is 4.99 Å². The number of carbonyl (C=O) groups is 1. The van der Waals surface area contributed by atoms with Crippen LogP contribution in [0.25, 0.3) is 0 Å². The number of anilines is 2. The molecule has 3 aromatic rings. The van der Waals surface area contributed by atoms with Crippen LogP contribution in [0.2, 0.25) is 0 Å². The van der Waals surface area contributed by atoms with Gasteiger partial charge in [-0.05, 0) is 49.4 Å². The normalized spacial score (nSPS) is 14.7. The molecule has 2 N–H and O–H groups in total. The van der Waals surface area contributed by atoms with Gasteiger partial charge < -0.3 is 10.5 Å². The molecule has 0 bridgehead atoms. The number of nitrogens with two attached hydrogens (primary N) is 1. The van der Waals surface area contributed by atoms with Crippen LogP contribution in [0.4, 0.5) is 30.2 Å². The molecule has 0 atom stereocenters. The van der Waals surface area contributed by atoms with Crippen LogP contribution in [0.5, 0.6) is 5.75 Å². The fourth-order valence-corrected chi connectivity index (χ4v) is 3.43. The first-order valence-electron chi connectivity index (χ1n) is 10.0. The van der Waals surface area contributed by atoms with E-state index < -0.39 is 17.6 Å². The van der Waals surface area contributed by atoms with Gasteiger partial charge in [-0.1, -0.05) is 30.3 Å². The molecule has 0 radical (unpaired) electrons. The molecule has 0 fully saturated rings. The number of amides is 1. The van der Waals surface area contributed by atoms with Crippen molar-refractivity contribution in [2.24, 2.45) is 10.7 Å². The van der Waals surface area contributed by atoms with Crippen molar-refractivity contribution in [3.63, 3.8) is 0 Å². The maximum atomic E-state index is 13.3. The Morgan fingerprint density at radius 3 is 2.53 bits per heavy atom. The lowest BCUT2D eigenvalue weighted by molar-refractivity contribution is -0.137. The van der Waals surface area contributed by atoms with Gasteiger partial charge in [0.1, 0.15) is 11.5 Å². The fraction of sp³-hybridized carbons (Fsp3) is 0.167. The SMILES string of the molecule is NCCCOc1cccc(N2C(=O)C(=Nc3cccc(C(F)(F)F)c3)c3ccccc32)c1. The fourth-order valence-electron chi connectivity index (χ4n) is 3.43. The predicted octanol–water partition coefficient (Wildman–Crippen LogP) is 5.23. The molecule has 0 aromatic heterocycles. The van der Waals surface area contributed by atoms with Crippen molar-refractivity contribution in [3.8, 4) is 5.75 Å². The number of nitrogens with zero attached hydrogens (tertiary/aromatic N) is 2. The molecule has 3 aromatic carbocycles. The van der Waals surface area contributed by atoms with Gasteiger partial charge in [0.25, 0.3) is 5.91 Å². The van der Waals surface area contributed by atoms with Crippen molar-refractivity contribution in [2.45, 2.75) is 12.6 Å². The molecule has 5 nitrogen and oxygen atoms in total. The molecule has 0 aliphatic carbocycles. The van der Waals surface area contributed by atoms with Crippen molar-refractivity contribution >= 4 is 28.7 Å². The molecule has 0 spiro atoms. The van der Waals surface area contributed by atoms with Crippen LogP contribution < -0.4 is 15.4 Å². The van der Waals surface area contributed by atoms with Crippen molar-refractivity contribution < 1.29 is 22.7 Å². The molecule has 1 aliphatic heterocycles. The third kappa shape index (κ3) is 4.36. The summed E-state index contributed by atoms with van der Waals surface area (Å²) in [5, 5.41) is 0. The average molecular weight is 439 g/mol. The number of benzene rings is 3. The van der Waals surface area contributed by atoms with Gasteiger partial charge in [-0.25, -0.2) is 4.99 Å². The highest BCUT2D eigenvalue weighted by molar-refractivity contribution is 6.56. The Morgan fingerprint density at radius 2 is 1.75 bits per heavy atom. The number of para-hydroxylation sites is 1. The van der Waals surface area contributed by atoms with Crippen LogP contribution in [0.3, 0.4) is 0 Å². The van der Waals surface area contributed by atoms with Crippen molar-refractivity contribution in [3.05, 3.63) is 83.9 Å². The first-order chi connectivity index (χ1) is 15.4. The van der Waals surface area contributed by atoms with Crippen LogP contribution in [0.1, 0.15) is 17.5 Å². The molecule has 164 valence electrons. The highest BCUT2D eigenvalue weighted by atomic mass is 19.4. The van der Waals surface area contributed by atoms with E-state index in [0.29, 0.717) is 42.3 Å². The lowest BCUT2D eigenvalue weighted by Crippen LogP contribution is -2.25. The van der Waals surface area contributed by atoms with E-state index >= 15 is 0 Å². The number of hydrogen-bond acceptors (Lipinski definition) is 4. The number of ether oxygens (including phenoxy) is 1. The first kappa shape index (κ1) is 21.6. The van der Waals surface area contributed by atoms with Gasteiger partial charge in [-0.2, -0.15) is 13.2 Å². The van der Waals surface area contributed by atoms with Crippen LogP contribution in [0, 0.1) is 0 Å². The Kier molecular flexibility index (Phi) is 5.96. The second-order valence-corrected chi connectivity index (χ2v) is 7.15. The monoisotopic (exact) mass is 439 g/mol. The standard InChI is InChI=1S/C24H20F3N3O2/c25-24(26,27)16-6-3-7-17(14-16)29-22-20-10-1-2-11-21(20)30(23(22)31)18-8-4-9-19(15-18)32-13-5-12-28/h1-4,6-11,14-15H,5,12-13,28H2. The van der Waals surface area contributed by atoms with Gasteiger partial charge in [0, 0.05) is 11.6 Å². The van der Waals surface area contributed by atoms with Gasteiger partial charge in [-0.3, -0.25) is 9.69 Å². The van der Waals surface area contributed by atoms with E-state index in [4.69, 9.17) is 10.5 Å². The van der Waals surface area contributed by atoms with Crippen molar-refractivity contribution in [2.75, 3.05) is 18.1 Å². The zero-order valence-corrected chi connectivity index (χ0v) is 17.0. The Bertz CT molecular complexity index is 1170. The maximum Gasteiger partial charge on any atom is 0.416 e. The minimum atomic E-state index is -4.50. The lowest BCUT2D eigenvalue weighted by atomic mass is 10.1. The molecule has 1 aliphatic rings. The van der Waals surface area contributed by atoms with E-state index in [9.17, 15) is 18.0 Å². The first-order valence-corrected chi connectivity index (χ1v) is 10.0. The molecule has 8 heteroatoms. The molecule has 0 saturated heterocycles. The second kappa shape index (κ2) is 8.84. The van der Waals surface area contributed by atoms with E-state index in [1.165, 1.54) is 17.0 Å². The summed E-state index contributed by atoms with van der Waals surface area (Å²) in [6.07, 6.45) is -3.80. The zero-order valence-electron chi connectivity index (χ0n) is 17.0. The van der Waals surface area contributed by atoms with Gasteiger partial charge in [0.2, 0.25) is 0 Å². The second-order valence-electron chi connectivity index (χ2n) is 7.15. The van der Waals surface area contributed by atoms with E-state index in [1.54, 1.807) is 48.5 Å². The third-order valence-electron chi connectivity index (χ3n) is 4.91. The van der Waals surface area contributed by atoms with E-state index in [-0.39, 0.29) is 11.4 Å². The summed E-state index contributed by atoms with van der Waals surface area (Å²) in [6, 6.07) is 18.7. The quantitative estimate of drug-likeness (QED) is 0.535. The molecule has 32 heavy (non-hydrogen) atoms. The molecular weight excluding hydrogens is 419 g/mol. The van der Waals surface area contributed by atoms with Crippen LogP contribution in [0.15, 0.2) is 77.8 Å². The molecular formula is C24H20F3N3O2. The summed E-state index contributed by atoms with van der Waals surface area (Å²) in [6.45, 7) is 0.958. The topological polar surface area (TPSA) is 67.9 Å². The van der Waals surface area contributed by atoms with Crippen LogP contribution in [-0.2, 0) is 11.0 Å². The summed E-state index contributed by atoms with van der Waals surface area (Å²) in [4.78, 5) is 19.1. The Balaban J connectivity index is 1.72. The summed E-state index contributed by atoms with van der Waals surface area (Å²) in [5.74, 6) is 0.159. The van der Waals surface area contributed by atoms with Gasteiger partial charge in [0.15, 0.2) is 0 Å². The number of hydrogen-bond donors (Lipinski definition) is 1. The predicted molar refractivity (Wildman–Crippen MR) is 117 cm³/mol. The van der Waals surface area contributed by atoms with Gasteiger partial charge >= 0.3 is 6.18 Å². The minimum absolute atomic E-state index is 0.0543. The number of fused-ring (bicyclic) bond motifs is 1. The van der Waals surface area contributed by atoms with Crippen LogP contribution in [-0.4, -0.2) is 24.8 Å². The number of alkyl halides is 3. The summed E-state index contributed by atoms with van der Waals surface area (Å²) in [5.41, 5.74) is 6.52. The Morgan fingerprint density at radius 1 is 0.969 bits per heavy atom. The summed E-state index contributed by atoms with van der Waals surface area (Å²) >= 11 is 0. The maximum absolute atomic E-state index is 13.3. The molecule has 0 unspecified atom stereocenters. The molecule has 4 rings (SSSR count). The number of rotatable bonds is 6. The van der Waals surface area contributed by atoms with Crippen molar-refractivity contribution in [1.82, 2.24) is 0 Å². The number of halogens is 3. The Hall–Kier alpha value is -3.65. The summed E-state index contributed by atoms with van der Waals surface area (Å²) < 4.78 is 44.9. The zero-order chi connectivity index (χ0) is 22.7. The lowest BCUT2D eigenvalue weighted by Gasteiger charge is -2.18. The van der Waals surface area contributed by atoms with Crippen molar-refractivity contribution in [1.29, 1.82) is 0 Å². The summed E-state index contributed by atoms with van der Waals surface area (Å²) in [7, 11) is 0. The highest BCUT2D eigenvalue weighted by Crippen LogP contribution is 2.38. The van der Waals surface area contributed by atoms with Crippen LogP contribution >= 0.6 is 0 Å². The smallest absolute Gasteiger partial charge is 0.416 e. The van der Waals surface area contributed by atoms with E-state index in [1.807, 2.05) is 0 Å². The largest absolute Gasteiger partial charge is 0.493 e. The molecule has 1 amide bonds. The van der Waals surface area contributed by atoms with E-state index in [0.717, 1.165) is 12.1 Å². The highest BCUT2D eigenvalue weighted by Gasteiger charge is 2.35. The molecule has 0 saturated carbocycles. The van der Waals surface area contributed by atoms with Gasteiger partial charge in [0.05, 0.1) is 29.2 Å². The third-order valence-corrected chi connectivity index (χ3v) is 4.91. The minimum Gasteiger partial charge on any atom is -0.493 e.